The smallest absolute Gasteiger partial charge is 0.306 e. The maximum atomic E-state index is 12.7. The zero-order chi connectivity index (χ0) is 17.6. The quantitative estimate of drug-likeness (QED) is 0.596. The maximum absolute atomic E-state index is 12.7. The molecule has 0 amide bonds. The fraction of sp³-hybridized carbons (Fsp3) is 0.579. The molecule has 132 valence electrons. The summed E-state index contributed by atoms with van der Waals surface area (Å²) in [4.78, 5) is 24.4. The highest BCUT2D eigenvalue weighted by Crippen LogP contribution is 2.37. The first kappa shape index (κ1) is 18.9. The Kier molecular flexibility index (Phi) is 6.81. The third kappa shape index (κ3) is 4.58. The number of ether oxygens (including phenoxy) is 1. The predicted octanol–water partition coefficient (Wildman–Crippen LogP) is 4.00. The van der Waals surface area contributed by atoms with Crippen LogP contribution in [0.1, 0.15) is 57.9 Å². The van der Waals surface area contributed by atoms with E-state index >= 15 is 0 Å². The fourth-order valence-corrected chi connectivity index (χ4v) is 3.56. The van der Waals surface area contributed by atoms with Crippen molar-refractivity contribution < 1.29 is 14.3 Å². The van der Waals surface area contributed by atoms with Crippen LogP contribution in [0.5, 0.6) is 0 Å². The van der Waals surface area contributed by atoms with Gasteiger partial charge in [0, 0.05) is 17.9 Å². The van der Waals surface area contributed by atoms with Crippen LogP contribution in [0.2, 0.25) is 5.02 Å². The summed E-state index contributed by atoms with van der Waals surface area (Å²) in [6.07, 6.45) is 4.09. The molecule has 1 N–H and O–H groups in total. The van der Waals surface area contributed by atoms with Gasteiger partial charge in [-0.1, -0.05) is 36.2 Å². The van der Waals surface area contributed by atoms with Gasteiger partial charge in [0.05, 0.1) is 6.10 Å². The van der Waals surface area contributed by atoms with Crippen molar-refractivity contribution in [2.24, 2.45) is 0 Å². The summed E-state index contributed by atoms with van der Waals surface area (Å²) in [5, 5.41) is 4.02. The van der Waals surface area contributed by atoms with E-state index < -0.39 is 5.54 Å². The van der Waals surface area contributed by atoms with Crippen molar-refractivity contribution in [3.63, 3.8) is 0 Å². The van der Waals surface area contributed by atoms with Gasteiger partial charge in [-0.25, -0.2) is 0 Å². The van der Waals surface area contributed by atoms with Gasteiger partial charge in [0.1, 0.15) is 5.54 Å². The molecule has 1 fully saturated rings. The lowest BCUT2D eigenvalue weighted by Gasteiger charge is -2.38. The Balaban J connectivity index is 2.04. The highest BCUT2D eigenvalue weighted by atomic mass is 35.5. The van der Waals surface area contributed by atoms with Gasteiger partial charge >= 0.3 is 5.97 Å². The molecule has 0 heterocycles. The van der Waals surface area contributed by atoms with Crippen LogP contribution in [0.3, 0.4) is 0 Å². The molecule has 1 aliphatic rings. The molecular weight excluding hydrogens is 326 g/mol. The minimum atomic E-state index is -0.724. The molecule has 0 aromatic heterocycles. The molecule has 0 bridgehead atoms. The molecule has 1 unspecified atom stereocenters. The van der Waals surface area contributed by atoms with E-state index in [0.717, 1.165) is 24.8 Å². The third-order valence-electron chi connectivity index (χ3n) is 4.37. The second-order valence-corrected chi connectivity index (χ2v) is 6.99. The second-order valence-electron chi connectivity index (χ2n) is 6.58. The first-order valence-electron chi connectivity index (χ1n) is 8.68. The van der Waals surface area contributed by atoms with Crippen molar-refractivity contribution >= 4 is 23.4 Å². The number of nitrogens with one attached hydrogen (secondary N) is 1. The minimum absolute atomic E-state index is 0.0974. The fourth-order valence-electron chi connectivity index (χ4n) is 3.26. The summed E-state index contributed by atoms with van der Waals surface area (Å²) in [6.45, 7) is 4.25. The molecular formula is C19H26ClNO3. The van der Waals surface area contributed by atoms with Crippen LogP contribution >= 0.6 is 11.6 Å². The summed E-state index contributed by atoms with van der Waals surface area (Å²) in [5.74, 6) is -0.0137. The average Bonchev–Trinajstić information content (AvgIpc) is 2.53. The number of Topliss-reactive ketones (excluding diaryl/α,β-unsaturated/α-hetero) is 1. The molecule has 1 aliphatic carbocycles. The predicted molar refractivity (Wildman–Crippen MR) is 95.1 cm³/mol. The van der Waals surface area contributed by atoms with Crippen molar-refractivity contribution in [2.45, 2.75) is 64.0 Å². The lowest BCUT2D eigenvalue weighted by atomic mass is 9.75. The Morgan fingerprint density at radius 3 is 2.75 bits per heavy atom. The topological polar surface area (TPSA) is 55.4 Å². The lowest BCUT2D eigenvalue weighted by molar-refractivity contribution is -0.147. The molecule has 1 saturated carbocycles. The number of carbonyl (C=O) groups excluding carboxylic acids is 2. The molecule has 0 radical (unpaired) electrons. The van der Waals surface area contributed by atoms with Gasteiger partial charge in [-0.3, -0.25) is 9.59 Å². The molecule has 0 saturated heterocycles. The van der Waals surface area contributed by atoms with Crippen LogP contribution in [0.15, 0.2) is 24.3 Å². The first-order chi connectivity index (χ1) is 11.5. The molecule has 1 aromatic carbocycles. The van der Waals surface area contributed by atoms with E-state index in [2.05, 4.69) is 5.32 Å². The van der Waals surface area contributed by atoms with Gasteiger partial charge in [-0.15, -0.1) is 0 Å². The lowest BCUT2D eigenvalue weighted by Crippen LogP contribution is -2.51. The van der Waals surface area contributed by atoms with E-state index in [-0.39, 0.29) is 17.9 Å². The summed E-state index contributed by atoms with van der Waals surface area (Å²) in [5.41, 5.74) is 0.125. The number of rotatable bonds is 7. The minimum Gasteiger partial charge on any atom is -0.463 e. The van der Waals surface area contributed by atoms with E-state index in [1.54, 1.807) is 0 Å². The zero-order valence-electron chi connectivity index (χ0n) is 14.4. The van der Waals surface area contributed by atoms with Crippen molar-refractivity contribution in [1.82, 2.24) is 5.32 Å². The second kappa shape index (κ2) is 8.63. The molecule has 0 spiro atoms. The van der Waals surface area contributed by atoms with Crippen LogP contribution in [-0.2, 0) is 19.9 Å². The molecule has 24 heavy (non-hydrogen) atoms. The van der Waals surface area contributed by atoms with E-state index in [1.807, 2.05) is 38.1 Å². The summed E-state index contributed by atoms with van der Waals surface area (Å²) in [6, 6.07) is 7.52. The van der Waals surface area contributed by atoms with Crippen LogP contribution in [0.4, 0.5) is 0 Å². The van der Waals surface area contributed by atoms with Gasteiger partial charge in [0.25, 0.3) is 0 Å². The van der Waals surface area contributed by atoms with Gasteiger partial charge in [0.15, 0.2) is 5.78 Å². The molecule has 4 nitrogen and oxygen atoms in total. The van der Waals surface area contributed by atoms with Crippen LogP contribution in [0, 0.1) is 0 Å². The third-order valence-corrected chi connectivity index (χ3v) is 4.70. The Morgan fingerprint density at radius 2 is 2.08 bits per heavy atom. The Labute approximate surface area is 148 Å². The van der Waals surface area contributed by atoms with Crippen molar-refractivity contribution in [1.29, 1.82) is 0 Å². The van der Waals surface area contributed by atoms with Gasteiger partial charge in [-0.2, -0.15) is 0 Å². The van der Waals surface area contributed by atoms with E-state index in [0.29, 0.717) is 30.8 Å². The van der Waals surface area contributed by atoms with Gasteiger partial charge in [-0.05, 0) is 51.3 Å². The van der Waals surface area contributed by atoms with Gasteiger partial charge < -0.3 is 10.1 Å². The van der Waals surface area contributed by atoms with Crippen LogP contribution in [0.25, 0.3) is 0 Å². The van der Waals surface area contributed by atoms with Crippen molar-refractivity contribution in [2.75, 3.05) is 6.54 Å². The van der Waals surface area contributed by atoms with Crippen LogP contribution < -0.4 is 5.32 Å². The number of halogens is 1. The molecule has 5 heteroatoms. The highest BCUT2D eigenvalue weighted by Gasteiger charge is 2.41. The Bertz CT molecular complexity index is 588. The molecule has 1 atom stereocenters. The SMILES string of the molecule is CC(C)OC(=O)CCCNC1(c2ccccc2Cl)CCCCC1=O. The molecule has 1 aromatic rings. The van der Waals surface area contributed by atoms with E-state index in [9.17, 15) is 9.59 Å². The molecule has 2 rings (SSSR count). The summed E-state index contributed by atoms with van der Waals surface area (Å²) in [7, 11) is 0. The monoisotopic (exact) mass is 351 g/mol. The zero-order valence-corrected chi connectivity index (χ0v) is 15.2. The number of hydrogen-bond acceptors (Lipinski definition) is 4. The summed E-state index contributed by atoms with van der Waals surface area (Å²) < 4.78 is 5.14. The van der Waals surface area contributed by atoms with E-state index in [4.69, 9.17) is 16.3 Å². The normalized spacial score (nSPS) is 21.1. The number of carbonyl (C=O) groups is 2. The standard InChI is InChI=1S/C19H26ClNO3/c1-14(2)24-18(23)11-7-13-21-19(12-6-5-10-17(19)22)15-8-3-4-9-16(15)20/h3-4,8-9,14,21H,5-7,10-13H2,1-2H3. The summed E-state index contributed by atoms with van der Waals surface area (Å²) >= 11 is 6.37. The number of benzene rings is 1. The average molecular weight is 352 g/mol. The van der Waals surface area contributed by atoms with Gasteiger partial charge in [0.2, 0.25) is 0 Å². The Morgan fingerprint density at radius 1 is 1.33 bits per heavy atom. The highest BCUT2D eigenvalue weighted by molar-refractivity contribution is 6.31. The molecule has 0 aliphatic heterocycles. The number of ketones is 1. The van der Waals surface area contributed by atoms with Crippen molar-refractivity contribution in [3.8, 4) is 0 Å². The number of hydrogen-bond donors (Lipinski definition) is 1. The van der Waals surface area contributed by atoms with E-state index in [1.165, 1.54) is 0 Å². The maximum Gasteiger partial charge on any atom is 0.306 e. The van der Waals surface area contributed by atoms with Crippen molar-refractivity contribution in [3.05, 3.63) is 34.9 Å². The number of esters is 1. The van der Waals surface area contributed by atoms with Crippen LogP contribution in [-0.4, -0.2) is 24.4 Å². The Hall–Kier alpha value is -1.39. The largest absolute Gasteiger partial charge is 0.463 e. The first-order valence-corrected chi connectivity index (χ1v) is 9.06.